The molecule has 1 rings (SSSR count). The first-order valence-electron chi connectivity index (χ1n) is 6.94. The Morgan fingerprint density at radius 3 is 2.62 bits per heavy atom. The zero-order chi connectivity index (χ0) is 15.9. The molecule has 0 atom stereocenters. The number of sulfonamides is 1. The Morgan fingerprint density at radius 2 is 2.10 bits per heavy atom. The number of hydrogen-bond donors (Lipinski definition) is 1. The lowest BCUT2D eigenvalue weighted by molar-refractivity contribution is 0.135. The Hall–Kier alpha value is -0.890. The highest BCUT2D eigenvalue weighted by atomic mass is 35.5. The highest BCUT2D eigenvalue weighted by Crippen LogP contribution is 2.24. The molecule has 0 spiro atoms. The predicted octanol–water partition coefficient (Wildman–Crippen LogP) is 2.21. The summed E-state index contributed by atoms with van der Waals surface area (Å²) < 4.78 is 31.6. The highest BCUT2D eigenvalue weighted by Gasteiger charge is 2.24. The Morgan fingerprint density at radius 1 is 1.38 bits per heavy atom. The monoisotopic (exact) mass is 335 g/mol. The fourth-order valence-corrected chi connectivity index (χ4v) is 3.47. The molecule has 1 N–H and O–H groups in total. The van der Waals surface area contributed by atoms with Crippen LogP contribution in [0.1, 0.15) is 20.8 Å². The number of aromatic nitrogens is 1. The summed E-state index contributed by atoms with van der Waals surface area (Å²) in [7, 11) is -3.61. The molecule has 120 valence electrons. The maximum Gasteiger partial charge on any atom is 0.244 e. The SMILES string of the molecule is CCNc1ncc(S(=O)(=O)N(CC)CCOCC)cc1Cl. The van der Waals surface area contributed by atoms with Crippen molar-refractivity contribution in [3.8, 4) is 0 Å². The van der Waals surface area contributed by atoms with E-state index in [-0.39, 0.29) is 4.90 Å². The Balaban J connectivity index is 2.97. The number of pyridine rings is 1. The van der Waals surface area contributed by atoms with Gasteiger partial charge < -0.3 is 10.1 Å². The van der Waals surface area contributed by atoms with Crippen molar-refractivity contribution in [2.24, 2.45) is 0 Å². The summed E-state index contributed by atoms with van der Waals surface area (Å²) in [5.74, 6) is 0.482. The van der Waals surface area contributed by atoms with E-state index in [9.17, 15) is 8.42 Å². The summed E-state index contributed by atoms with van der Waals surface area (Å²) in [6.45, 7) is 7.81. The summed E-state index contributed by atoms with van der Waals surface area (Å²) in [4.78, 5) is 4.16. The van der Waals surface area contributed by atoms with Crippen LogP contribution in [0.5, 0.6) is 0 Å². The van der Waals surface area contributed by atoms with Crippen molar-refractivity contribution in [3.63, 3.8) is 0 Å². The smallest absolute Gasteiger partial charge is 0.244 e. The minimum absolute atomic E-state index is 0.0903. The number of rotatable bonds is 9. The number of hydrogen-bond acceptors (Lipinski definition) is 5. The van der Waals surface area contributed by atoms with Gasteiger partial charge in [-0.25, -0.2) is 13.4 Å². The average molecular weight is 336 g/mol. The minimum Gasteiger partial charge on any atom is -0.380 e. The van der Waals surface area contributed by atoms with E-state index in [1.165, 1.54) is 16.6 Å². The molecule has 6 nitrogen and oxygen atoms in total. The van der Waals surface area contributed by atoms with Gasteiger partial charge in [0.1, 0.15) is 10.7 Å². The lowest BCUT2D eigenvalue weighted by atomic mass is 10.4. The first-order valence-corrected chi connectivity index (χ1v) is 8.76. The van der Waals surface area contributed by atoms with Gasteiger partial charge in [0.2, 0.25) is 10.0 Å². The van der Waals surface area contributed by atoms with Crippen LogP contribution >= 0.6 is 11.6 Å². The van der Waals surface area contributed by atoms with Gasteiger partial charge in [0, 0.05) is 32.4 Å². The van der Waals surface area contributed by atoms with Crippen LogP contribution in [0, 0.1) is 0 Å². The van der Waals surface area contributed by atoms with E-state index in [0.717, 1.165) is 0 Å². The van der Waals surface area contributed by atoms with Gasteiger partial charge in [-0.2, -0.15) is 4.31 Å². The van der Waals surface area contributed by atoms with Crippen molar-refractivity contribution in [2.45, 2.75) is 25.7 Å². The first kappa shape index (κ1) is 18.2. The molecule has 0 radical (unpaired) electrons. The maximum atomic E-state index is 12.5. The Labute approximate surface area is 131 Å². The van der Waals surface area contributed by atoms with Crippen molar-refractivity contribution < 1.29 is 13.2 Å². The molecule has 0 aliphatic rings. The number of halogens is 1. The summed E-state index contributed by atoms with van der Waals surface area (Å²) in [5.41, 5.74) is 0. The molecule has 0 aliphatic heterocycles. The molecule has 0 unspecified atom stereocenters. The van der Waals surface area contributed by atoms with Gasteiger partial charge in [0.15, 0.2) is 0 Å². The lowest BCUT2D eigenvalue weighted by Crippen LogP contribution is -2.34. The van der Waals surface area contributed by atoms with Crippen LogP contribution in [-0.4, -0.2) is 50.6 Å². The average Bonchev–Trinajstić information content (AvgIpc) is 2.45. The molecule has 0 aliphatic carbocycles. The quantitative estimate of drug-likeness (QED) is 0.700. The summed E-state index contributed by atoms with van der Waals surface area (Å²) in [5, 5.41) is 3.26. The minimum atomic E-state index is -3.61. The topological polar surface area (TPSA) is 71.5 Å². The van der Waals surface area contributed by atoms with E-state index in [4.69, 9.17) is 16.3 Å². The van der Waals surface area contributed by atoms with Crippen LogP contribution in [0.3, 0.4) is 0 Å². The number of ether oxygens (including phenoxy) is 1. The number of likely N-dealkylation sites (N-methyl/N-ethyl adjacent to an activating group) is 1. The highest BCUT2D eigenvalue weighted by molar-refractivity contribution is 7.89. The van der Waals surface area contributed by atoms with E-state index in [1.54, 1.807) is 6.92 Å². The van der Waals surface area contributed by atoms with Gasteiger partial charge in [-0.3, -0.25) is 0 Å². The van der Waals surface area contributed by atoms with Gasteiger partial charge >= 0.3 is 0 Å². The van der Waals surface area contributed by atoms with Gasteiger partial charge in [-0.15, -0.1) is 0 Å². The molecule has 0 amide bonds. The van der Waals surface area contributed by atoms with Crippen LogP contribution in [0.25, 0.3) is 0 Å². The van der Waals surface area contributed by atoms with Gasteiger partial charge in [-0.1, -0.05) is 18.5 Å². The van der Waals surface area contributed by atoms with Crippen LogP contribution in [0.15, 0.2) is 17.2 Å². The van der Waals surface area contributed by atoms with E-state index in [2.05, 4.69) is 10.3 Å². The molecular formula is C13H22ClN3O3S. The summed E-state index contributed by atoms with van der Waals surface area (Å²) in [6, 6.07) is 1.42. The molecule has 21 heavy (non-hydrogen) atoms. The van der Waals surface area contributed by atoms with Crippen molar-refractivity contribution in [1.29, 1.82) is 0 Å². The molecule has 0 aromatic carbocycles. The zero-order valence-electron chi connectivity index (χ0n) is 12.6. The van der Waals surface area contributed by atoms with E-state index >= 15 is 0 Å². The molecule has 0 bridgehead atoms. The standard InChI is InChI=1S/C13H22ClN3O3S/c1-4-15-13-12(14)9-11(10-16-13)21(18,19)17(5-2)7-8-20-6-3/h9-10H,4-8H2,1-3H3,(H,15,16). The third-order valence-electron chi connectivity index (χ3n) is 2.84. The second-order valence-corrected chi connectivity index (χ2v) is 6.57. The number of nitrogens with zero attached hydrogens (tertiary/aromatic N) is 2. The molecule has 8 heteroatoms. The molecular weight excluding hydrogens is 314 g/mol. The number of nitrogens with one attached hydrogen (secondary N) is 1. The normalized spacial score (nSPS) is 11.9. The fourth-order valence-electron chi connectivity index (χ4n) is 1.77. The summed E-state index contributed by atoms with van der Waals surface area (Å²) >= 11 is 6.06. The summed E-state index contributed by atoms with van der Waals surface area (Å²) in [6.07, 6.45) is 1.32. The Bertz CT molecular complexity index is 552. The predicted molar refractivity (Wildman–Crippen MR) is 84.3 cm³/mol. The van der Waals surface area contributed by atoms with Gasteiger partial charge in [0.25, 0.3) is 0 Å². The van der Waals surface area contributed by atoms with Crippen LogP contribution in [-0.2, 0) is 14.8 Å². The molecule has 0 saturated carbocycles. The van der Waals surface area contributed by atoms with E-state index < -0.39 is 10.0 Å². The van der Waals surface area contributed by atoms with Crippen LogP contribution in [0.4, 0.5) is 5.82 Å². The molecule has 1 heterocycles. The third-order valence-corrected chi connectivity index (χ3v) is 5.07. The van der Waals surface area contributed by atoms with Crippen molar-refractivity contribution in [2.75, 3.05) is 38.2 Å². The van der Waals surface area contributed by atoms with Crippen molar-refractivity contribution in [3.05, 3.63) is 17.3 Å². The largest absolute Gasteiger partial charge is 0.380 e. The van der Waals surface area contributed by atoms with Crippen LogP contribution in [0.2, 0.25) is 5.02 Å². The Kier molecular flexibility index (Phi) is 7.37. The maximum absolute atomic E-state index is 12.5. The van der Waals surface area contributed by atoms with E-state index in [0.29, 0.717) is 43.7 Å². The molecule has 0 fully saturated rings. The van der Waals surface area contributed by atoms with Crippen molar-refractivity contribution in [1.82, 2.24) is 9.29 Å². The van der Waals surface area contributed by atoms with Crippen LogP contribution < -0.4 is 5.32 Å². The first-order chi connectivity index (χ1) is 9.97. The molecule has 1 aromatic heterocycles. The van der Waals surface area contributed by atoms with E-state index in [1.807, 2.05) is 13.8 Å². The molecule has 0 saturated heterocycles. The van der Waals surface area contributed by atoms with Gasteiger partial charge in [0.05, 0.1) is 11.6 Å². The lowest BCUT2D eigenvalue weighted by Gasteiger charge is -2.20. The second kappa shape index (κ2) is 8.53. The second-order valence-electron chi connectivity index (χ2n) is 4.23. The number of anilines is 1. The third kappa shape index (κ3) is 4.81. The zero-order valence-corrected chi connectivity index (χ0v) is 14.2. The fraction of sp³-hybridized carbons (Fsp3) is 0.615. The van der Waals surface area contributed by atoms with Gasteiger partial charge in [-0.05, 0) is 19.9 Å². The van der Waals surface area contributed by atoms with Crippen molar-refractivity contribution >= 4 is 27.4 Å². The molecule has 1 aromatic rings.